The summed E-state index contributed by atoms with van der Waals surface area (Å²) in [6.07, 6.45) is -11.1. The summed E-state index contributed by atoms with van der Waals surface area (Å²) in [6, 6.07) is 9.58. The number of benzene rings is 2. The molecule has 0 aliphatic rings. The lowest BCUT2D eigenvalue weighted by Crippen LogP contribution is -2.55. The Morgan fingerprint density at radius 3 is 0.897 bits per heavy atom. The molecule has 0 heterocycles. The third kappa shape index (κ3) is 4.33. The van der Waals surface area contributed by atoms with Gasteiger partial charge < -0.3 is 0 Å². The van der Waals surface area contributed by atoms with Crippen LogP contribution >= 0.6 is 0 Å². The first-order valence-electron chi connectivity index (χ1n) is 9.28. The predicted octanol–water partition coefficient (Wildman–Crippen LogP) is 6.19. The Kier molecular flexibility index (Phi) is 5.97. The molecule has 0 spiro atoms. The number of rotatable bonds is 4. The van der Waals surface area contributed by atoms with Crippen LogP contribution in [0.3, 0.4) is 0 Å². The van der Waals surface area contributed by atoms with Gasteiger partial charge in [0.2, 0.25) is 5.41 Å². The number of hydrogen-bond donors (Lipinski definition) is 0. The molecule has 0 atom stereocenters. The van der Waals surface area contributed by atoms with E-state index in [0.29, 0.717) is 0 Å². The van der Waals surface area contributed by atoms with Crippen molar-refractivity contribution in [2.24, 2.45) is 0 Å². The van der Waals surface area contributed by atoms with Crippen molar-refractivity contribution >= 4 is 26.5 Å². The lowest BCUT2D eigenvalue weighted by atomic mass is 9.73. The third-order valence-corrected chi connectivity index (χ3v) is 9.35. The van der Waals surface area contributed by atoms with Crippen molar-refractivity contribution in [3.63, 3.8) is 0 Å². The highest BCUT2D eigenvalue weighted by Crippen LogP contribution is 2.55. The van der Waals surface area contributed by atoms with Crippen LogP contribution in [0.25, 0.3) is 0 Å². The normalized spacial score (nSPS) is 14.2. The minimum Gasteiger partial charge on any atom is -0.169 e. The SMILES string of the molecule is C[Si](C)(C)c1ccc(C(c2ccc([Si](C)(C)C)cc2)(C(F)(F)F)C(F)(F)F)cc1. The van der Waals surface area contributed by atoms with E-state index in [0.717, 1.165) is 34.6 Å². The van der Waals surface area contributed by atoms with Gasteiger partial charge in [0.25, 0.3) is 0 Å². The van der Waals surface area contributed by atoms with Crippen LogP contribution < -0.4 is 10.4 Å². The first-order valence-corrected chi connectivity index (χ1v) is 16.3. The largest absolute Gasteiger partial charge is 0.411 e. The maximum absolute atomic E-state index is 14.2. The second-order valence-electron chi connectivity index (χ2n) is 9.40. The summed E-state index contributed by atoms with van der Waals surface area (Å²) in [7, 11) is -3.75. The predicted molar refractivity (Wildman–Crippen MR) is 112 cm³/mol. The number of alkyl halides is 6. The molecule has 2 aromatic carbocycles. The van der Waals surface area contributed by atoms with Crippen LogP contribution in [0, 0.1) is 0 Å². The molecular weight excluding hydrogens is 422 g/mol. The summed E-state index contributed by atoms with van der Waals surface area (Å²) in [5.41, 5.74) is -5.68. The van der Waals surface area contributed by atoms with Gasteiger partial charge in [0, 0.05) is 0 Å². The van der Waals surface area contributed by atoms with Crippen LogP contribution in [0.1, 0.15) is 11.1 Å². The fraction of sp³-hybridized carbons (Fsp3) is 0.429. The molecule has 0 radical (unpaired) electrons. The molecule has 0 fully saturated rings. The molecule has 160 valence electrons. The monoisotopic (exact) mass is 448 g/mol. The van der Waals surface area contributed by atoms with Crippen molar-refractivity contribution in [3.05, 3.63) is 59.7 Å². The van der Waals surface area contributed by atoms with Gasteiger partial charge in [-0.15, -0.1) is 0 Å². The lowest BCUT2D eigenvalue weighted by Gasteiger charge is -2.38. The van der Waals surface area contributed by atoms with Crippen LogP contribution in [0.15, 0.2) is 48.5 Å². The molecule has 0 saturated heterocycles. The van der Waals surface area contributed by atoms with Crippen LogP contribution in [0.5, 0.6) is 0 Å². The van der Waals surface area contributed by atoms with Gasteiger partial charge in [0.15, 0.2) is 0 Å². The van der Waals surface area contributed by atoms with Crippen molar-refractivity contribution < 1.29 is 26.3 Å². The molecule has 0 N–H and O–H groups in total. The molecule has 0 unspecified atom stereocenters. The van der Waals surface area contributed by atoms with Crippen molar-refractivity contribution in [2.75, 3.05) is 0 Å². The van der Waals surface area contributed by atoms with Gasteiger partial charge in [0.1, 0.15) is 0 Å². The van der Waals surface area contributed by atoms with Crippen molar-refractivity contribution in [1.82, 2.24) is 0 Å². The van der Waals surface area contributed by atoms with Crippen LogP contribution in [0.2, 0.25) is 39.3 Å². The van der Waals surface area contributed by atoms with Gasteiger partial charge in [-0.05, 0) is 11.1 Å². The fourth-order valence-corrected chi connectivity index (χ4v) is 5.76. The van der Waals surface area contributed by atoms with Crippen molar-refractivity contribution in [2.45, 2.75) is 57.0 Å². The Morgan fingerprint density at radius 1 is 0.483 bits per heavy atom. The summed E-state index contributed by atoms with van der Waals surface area (Å²) >= 11 is 0. The number of hydrogen-bond acceptors (Lipinski definition) is 0. The quantitative estimate of drug-likeness (QED) is 0.387. The number of halogens is 6. The Morgan fingerprint density at radius 2 is 0.724 bits per heavy atom. The minimum atomic E-state index is -5.55. The highest BCUT2D eigenvalue weighted by Gasteiger charge is 2.72. The van der Waals surface area contributed by atoms with Crippen LogP contribution in [-0.4, -0.2) is 28.5 Å². The maximum atomic E-state index is 14.2. The highest BCUT2D eigenvalue weighted by atomic mass is 28.3. The average Bonchev–Trinajstić information content (AvgIpc) is 2.52. The molecule has 0 nitrogen and oxygen atoms in total. The van der Waals surface area contributed by atoms with Gasteiger partial charge in [-0.3, -0.25) is 0 Å². The first kappa shape index (κ1) is 23.7. The van der Waals surface area contributed by atoms with E-state index >= 15 is 0 Å². The molecule has 0 aliphatic carbocycles. The van der Waals surface area contributed by atoms with E-state index in [-0.39, 0.29) is 0 Å². The summed E-state index contributed by atoms with van der Waals surface area (Å²) in [5, 5.41) is 1.60. The zero-order chi connectivity index (χ0) is 22.5. The Balaban J connectivity index is 2.80. The molecule has 0 aromatic heterocycles. The van der Waals surface area contributed by atoms with Crippen molar-refractivity contribution in [3.8, 4) is 0 Å². The zero-order valence-electron chi connectivity index (χ0n) is 17.4. The van der Waals surface area contributed by atoms with E-state index in [2.05, 4.69) is 0 Å². The standard InChI is InChI=1S/C21H26F6Si2/c1-28(2,3)17-11-7-15(8-12-17)19(20(22,23)24,21(25,26)27)16-9-13-18(14-10-16)29(4,5)6/h7-14H,1-6H3. The highest BCUT2D eigenvalue weighted by molar-refractivity contribution is 6.89. The lowest BCUT2D eigenvalue weighted by molar-refractivity contribution is -0.288. The minimum absolute atomic E-state index is 0.800. The van der Waals surface area contributed by atoms with Gasteiger partial charge in [-0.25, -0.2) is 0 Å². The van der Waals surface area contributed by atoms with E-state index in [9.17, 15) is 26.3 Å². The molecule has 2 aromatic rings. The van der Waals surface area contributed by atoms with Gasteiger partial charge in [-0.1, -0.05) is 98.2 Å². The van der Waals surface area contributed by atoms with E-state index in [1.165, 1.54) is 24.3 Å². The Hall–Kier alpha value is -1.55. The molecule has 29 heavy (non-hydrogen) atoms. The summed E-state index contributed by atoms with van der Waals surface area (Å²) in [6.45, 7) is 11.9. The maximum Gasteiger partial charge on any atom is 0.411 e. The van der Waals surface area contributed by atoms with Crippen LogP contribution in [-0.2, 0) is 5.41 Å². The zero-order valence-corrected chi connectivity index (χ0v) is 19.4. The molecule has 0 amide bonds. The smallest absolute Gasteiger partial charge is 0.169 e. The van der Waals surface area contributed by atoms with Gasteiger partial charge in [0.05, 0.1) is 16.1 Å². The van der Waals surface area contributed by atoms with E-state index in [1.807, 2.05) is 39.3 Å². The average molecular weight is 449 g/mol. The molecule has 0 aliphatic heterocycles. The second-order valence-corrected chi connectivity index (χ2v) is 19.6. The molecule has 8 heteroatoms. The summed E-state index contributed by atoms with van der Waals surface area (Å²) in [4.78, 5) is 0. The third-order valence-electron chi connectivity index (χ3n) is 5.22. The van der Waals surface area contributed by atoms with E-state index in [4.69, 9.17) is 0 Å². The molecule has 0 saturated carbocycles. The first-order chi connectivity index (χ1) is 12.9. The molecule has 0 bridgehead atoms. The van der Waals surface area contributed by atoms with Gasteiger partial charge in [-0.2, -0.15) is 26.3 Å². The van der Waals surface area contributed by atoms with Crippen molar-refractivity contribution in [1.29, 1.82) is 0 Å². The van der Waals surface area contributed by atoms with Crippen LogP contribution in [0.4, 0.5) is 26.3 Å². The fourth-order valence-electron chi connectivity index (χ4n) is 3.42. The van der Waals surface area contributed by atoms with Gasteiger partial charge >= 0.3 is 12.4 Å². The Bertz CT molecular complexity index is 762. The summed E-state index contributed by atoms with van der Waals surface area (Å²) in [5.74, 6) is 0. The molecular formula is C21H26F6Si2. The molecule has 2 rings (SSSR count). The van der Waals surface area contributed by atoms with E-state index < -0.39 is 45.0 Å². The topological polar surface area (TPSA) is 0 Å². The van der Waals surface area contributed by atoms with E-state index in [1.54, 1.807) is 0 Å². The second kappa shape index (κ2) is 7.30. The summed E-state index contributed by atoms with van der Waals surface area (Å²) < 4.78 is 85.3. The Labute approximate surface area is 170 Å².